The average molecular weight is 542 g/mol. The third kappa shape index (κ3) is 7.99. The topological polar surface area (TPSA) is 84.7 Å². The summed E-state index contributed by atoms with van der Waals surface area (Å²) < 4.78 is 26.2. The van der Waals surface area contributed by atoms with Crippen LogP contribution in [0, 0.1) is 10.6 Å². The highest BCUT2D eigenvalue weighted by Gasteiger charge is 2.09. The molecule has 11 heteroatoms. The largest absolute Gasteiger partial charge is 0.493 e. The molecule has 37 heavy (non-hydrogen) atoms. The molecule has 0 bridgehead atoms. The number of H-pyrrole nitrogens is 1. The fraction of sp³-hybridized carbons (Fsp3) is 0.154. The summed E-state index contributed by atoms with van der Waals surface area (Å²) in [7, 11) is 4.93. The Morgan fingerprint density at radius 3 is 2.51 bits per heavy atom. The van der Waals surface area contributed by atoms with Gasteiger partial charge < -0.3 is 14.4 Å². The number of aromatic nitrogens is 3. The van der Waals surface area contributed by atoms with Gasteiger partial charge in [-0.1, -0.05) is 35.9 Å². The third-order valence-corrected chi connectivity index (χ3v) is 5.26. The van der Waals surface area contributed by atoms with Crippen molar-refractivity contribution in [2.45, 2.75) is 6.61 Å². The zero-order chi connectivity index (χ0) is 26.8. The van der Waals surface area contributed by atoms with Crippen molar-refractivity contribution in [2.75, 3.05) is 21.2 Å². The Labute approximate surface area is 223 Å². The Morgan fingerprint density at radius 1 is 1.14 bits per heavy atom. The molecular formula is C26H25ClFN5O3S. The van der Waals surface area contributed by atoms with Crippen molar-refractivity contribution in [1.29, 1.82) is 0 Å². The predicted molar refractivity (Wildman–Crippen MR) is 144 cm³/mol. The van der Waals surface area contributed by atoms with Crippen LogP contribution in [-0.2, 0) is 11.4 Å². The van der Waals surface area contributed by atoms with E-state index in [0.29, 0.717) is 27.1 Å². The van der Waals surface area contributed by atoms with Crippen molar-refractivity contribution in [3.63, 3.8) is 0 Å². The molecule has 0 aliphatic carbocycles. The van der Waals surface area contributed by atoms with E-state index in [1.165, 1.54) is 21.7 Å². The number of methoxy groups -OCH3 is 1. The fourth-order valence-corrected chi connectivity index (χ4v) is 3.33. The summed E-state index contributed by atoms with van der Waals surface area (Å²) in [5.41, 5.74) is 2.40. The van der Waals surface area contributed by atoms with E-state index in [4.69, 9.17) is 33.3 Å². The van der Waals surface area contributed by atoms with Gasteiger partial charge in [0.1, 0.15) is 12.4 Å². The van der Waals surface area contributed by atoms with Crippen LogP contribution >= 0.6 is 23.8 Å². The molecule has 0 aliphatic rings. The van der Waals surface area contributed by atoms with Gasteiger partial charge in [-0.25, -0.2) is 9.49 Å². The van der Waals surface area contributed by atoms with Gasteiger partial charge in [-0.15, -0.1) is 0 Å². The molecule has 192 valence electrons. The summed E-state index contributed by atoms with van der Waals surface area (Å²) >= 11 is 11.4. The highest BCUT2D eigenvalue weighted by molar-refractivity contribution is 7.71. The molecule has 0 saturated carbocycles. The van der Waals surface area contributed by atoms with Crippen LogP contribution in [0.5, 0.6) is 11.5 Å². The molecule has 4 rings (SSSR count). The first-order chi connectivity index (χ1) is 17.8. The average Bonchev–Trinajstić information content (AvgIpc) is 3.27. The van der Waals surface area contributed by atoms with Gasteiger partial charge in [-0.3, -0.25) is 4.79 Å². The minimum Gasteiger partial charge on any atom is -0.493 e. The van der Waals surface area contributed by atoms with Crippen molar-refractivity contribution in [1.82, 2.24) is 19.8 Å². The summed E-state index contributed by atoms with van der Waals surface area (Å²) in [5.74, 6) is 1.36. The number of amides is 1. The van der Waals surface area contributed by atoms with Gasteiger partial charge in [0, 0.05) is 24.7 Å². The van der Waals surface area contributed by atoms with E-state index in [9.17, 15) is 9.18 Å². The molecule has 0 saturated heterocycles. The molecule has 1 N–H and O–H groups in total. The van der Waals surface area contributed by atoms with Crippen LogP contribution in [0.3, 0.4) is 0 Å². The molecule has 1 heterocycles. The van der Waals surface area contributed by atoms with Gasteiger partial charge in [-0.05, 0) is 65.8 Å². The Bertz CT molecular complexity index is 1420. The maximum absolute atomic E-state index is 13.1. The maximum atomic E-state index is 13.1. The molecule has 8 nitrogen and oxygen atoms in total. The van der Waals surface area contributed by atoms with E-state index < -0.39 is 0 Å². The molecule has 0 unspecified atom stereocenters. The number of benzene rings is 3. The van der Waals surface area contributed by atoms with Gasteiger partial charge >= 0.3 is 0 Å². The summed E-state index contributed by atoms with van der Waals surface area (Å²) in [6.07, 6.45) is 2.39. The Hall–Kier alpha value is -4.02. The molecule has 0 aliphatic heterocycles. The minimum absolute atomic E-state index is 0.286. The molecule has 4 aromatic rings. The number of nitrogens with one attached hydrogen (secondary N) is 1. The zero-order valence-corrected chi connectivity index (χ0v) is 22.0. The van der Waals surface area contributed by atoms with Crippen molar-refractivity contribution < 1.29 is 18.7 Å². The van der Waals surface area contributed by atoms with Crippen LogP contribution in [-0.4, -0.2) is 53.6 Å². The lowest BCUT2D eigenvalue weighted by Crippen LogP contribution is -2.06. The third-order valence-electron chi connectivity index (χ3n) is 4.76. The summed E-state index contributed by atoms with van der Waals surface area (Å²) in [6.45, 7) is 0.289. The van der Waals surface area contributed by atoms with Crippen molar-refractivity contribution in [2.24, 2.45) is 5.10 Å². The molecule has 0 fully saturated rings. The van der Waals surface area contributed by atoms with E-state index in [1.54, 1.807) is 63.8 Å². The van der Waals surface area contributed by atoms with E-state index in [0.717, 1.165) is 23.1 Å². The number of carbonyl (C=O) groups excluding carboxylic acids is 1. The number of aromatic amines is 1. The van der Waals surface area contributed by atoms with Crippen molar-refractivity contribution in [3.05, 3.63) is 93.5 Å². The lowest BCUT2D eigenvalue weighted by atomic mass is 10.2. The second kappa shape index (κ2) is 13.3. The Kier molecular flexibility index (Phi) is 9.93. The van der Waals surface area contributed by atoms with Crippen molar-refractivity contribution in [3.8, 4) is 22.9 Å². The molecular weight excluding hydrogens is 517 g/mol. The Morgan fingerprint density at radius 2 is 1.86 bits per heavy atom. The van der Waals surface area contributed by atoms with Crippen LogP contribution in [0.15, 0.2) is 71.8 Å². The van der Waals surface area contributed by atoms with Gasteiger partial charge in [-0.2, -0.15) is 14.9 Å². The molecule has 0 radical (unpaired) electrons. The smallest absolute Gasteiger partial charge is 0.216 e. The van der Waals surface area contributed by atoms with Crippen LogP contribution < -0.4 is 9.47 Å². The summed E-state index contributed by atoms with van der Waals surface area (Å²) in [5, 5.41) is 12.1. The SMILES string of the molecule is CN(C)C=O.COc1cc(/C=N/n2c(-c3cccc(Cl)c3)n[nH]c2=S)ccc1OCc1ccc(F)cc1. The second-order valence-corrected chi connectivity index (χ2v) is 8.64. The van der Waals surface area contributed by atoms with Gasteiger partial charge in [0.05, 0.1) is 13.3 Å². The normalized spacial score (nSPS) is 10.5. The van der Waals surface area contributed by atoms with Crippen molar-refractivity contribution >= 4 is 36.4 Å². The number of halogens is 2. The summed E-state index contributed by atoms with van der Waals surface area (Å²) in [4.78, 5) is 10.9. The standard InChI is InChI=1S/C23H18ClFN4O2S.C3H7NO/c1-30-21-11-16(7-10-20(21)31-14-15-5-8-19(25)9-6-15)13-26-29-22(27-28-23(29)32)17-3-2-4-18(24)12-17;1-4(2)3-5/h2-13H,14H2,1H3,(H,28,32);3H,1-2H3/b26-13+;. The Balaban J connectivity index is 0.000000695. The number of hydrogen-bond donors (Lipinski definition) is 1. The number of rotatable bonds is 8. The quantitative estimate of drug-likeness (QED) is 0.179. The number of ether oxygens (including phenoxy) is 2. The molecule has 1 aromatic heterocycles. The van der Waals surface area contributed by atoms with Crippen LogP contribution in [0.2, 0.25) is 5.02 Å². The van der Waals surface area contributed by atoms with Gasteiger partial charge in [0.25, 0.3) is 0 Å². The number of carbonyl (C=O) groups is 1. The lowest BCUT2D eigenvalue weighted by molar-refractivity contribution is -0.115. The number of hydrogen-bond acceptors (Lipinski definition) is 6. The highest BCUT2D eigenvalue weighted by atomic mass is 35.5. The van der Waals surface area contributed by atoms with E-state index in [-0.39, 0.29) is 12.4 Å². The second-order valence-electron chi connectivity index (χ2n) is 7.81. The molecule has 1 amide bonds. The highest BCUT2D eigenvalue weighted by Crippen LogP contribution is 2.28. The summed E-state index contributed by atoms with van der Waals surface area (Å²) in [6, 6.07) is 18.8. The zero-order valence-electron chi connectivity index (χ0n) is 20.4. The van der Waals surface area contributed by atoms with Gasteiger partial charge in [0.15, 0.2) is 17.3 Å². The van der Waals surface area contributed by atoms with E-state index in [1.807, 2.05) is 18.2 Å². The lowest BCUT2D eigenvalue weighted by Gasteiger charge is -2.11. The minimum atomic E-state index is -0.286. The molecule has 0 atom stereocenters. The van der Waals surface area contributed by atoms with Crippen LogP contribution in [0.4, 0.5) is 4.39 Å². The van der Waals surface area contributed by atoms with E-state index >= 15 is 0 Å². The monoisotopic (exact) mass is 541 g/mol. The van der Waals surface area contributed by atoms with Gasteiger partial charge in [0.2, 0.25) is 11.2 Å². The predicted octanol–water partition coefficient (Wildman–Crippen LogP) is 5.57. The number of nitrogens with zero attached hydrogens (tertiary/aromatic N) is 4. The molecule has 3 aromatic carbocycles. The van der Waals surface area contributed by atoms with Crippen LogP contribution in [0.25, 0.3) is 11.4 Å². The molecule has 0 spiro atoms. The van der Waals surface area contributed by atoms with E-state index in [2.05, 4.69) is 15.3 Å². The van der Waals surface area contributed by atoms with Crippen LogP contribution in [0.1, 0.15) is 11.1 Å². The first-order valence-electron chi connectivity index (χ1n) is 11.0. The first kappa shape index (κ1) is 27.6. The maximum Gasteiger partial charge on any atom is 0.216 e. The first-order valence-corrected chi connectivity index (χ1v) is 11.7. The fourth-order valence-electron chi connectivity index (χ4n) is 2.96.